The average Bonchev–Trinajstić information content (AvgIpc) is 3.18. The van der Waals surface area contributed by atoms with Crippen molar-refractivity contribution in [3.63, 3.8) is 0 Å². The second kappa shape index (κ2) is 8.78. The highest BCUT2D eigenvalue weighted by Gasteiger charge is 2.15. The van der Waals surface area contributed by atoms with Gasteiger partial charge in [0.25, 0.3) is 0 Å². The minimum Gasteiger partial charge on any atom is -0.324 e. The number of thiophene rings is 1. The van der Waals surface area contributed by atoms with Crippen molar-refractivity contribution in [1.29, 1.82) is 0 Å². The van der Waals surface area contributed by atoms with Crippen molar-refractivity contribution in [3.05, 3.63) is 53.5 Å². The quantitative estimate of drug-likeness (QED) is 0.601. The van der Waals surface area contributed by atoms with Gasteiger partial charge in [0.1, 0.15) is 0 Å². The topological polar surface area (TPSA) is 104 Å². The van der Waals surface area contributed by atoms with E-state index in [9.17, 15) is 8.42 Å². The van der Waals surface area contributed by atoms with E-state index in [2.05, 4.69) is 44.3 Å². The Balaban J connectivity index is 1.44. The van der Waals surface area contributed by atoms with Crippen LogP contribution in [0, 0.1) is 0 Å². The van der Waals surface area contributed by atoms with Gasteiger partial charge in [-0.15, -0.1) is 11.3 Å². The van der Waals surface area contributed by atoms with E-state index in [1.807, 2.05) is 6.07 Å². The van der Waals surface area contributed by atoms with Gasteiger partial charge in [-0.25, -0.2) is 23.5 Å². The molecule has 3 N–H and O–H groups in total. The molecule has 3 aromatic rings. The molecule has 1 saturated heterocycles. The first-order valence-electron chi connectivity index (χ1n) is 9.60. The number of anilines is 2. The molecule has 4 rings (SSSR count). The van der Waals surface area contributed by atoms with E-state index < -0.39 is 10.0 Å². The van der Waals surface area contributed by atoms with Gasteiger partial charge in [-0.05, 0) is 49.5 Å². The summed E-state index contributed by atoms with van der Waals surface area (Å²) in [6.45, 7) is 5.37. The maximum atomic E-state index is 11.4. The van der Waals surface area contributed by atoms with Crippen molar-refractivity contribution in [2.75, 3.05) is 38.5 Å². The Morgan fingerprint density at radius 2 is 1.80 bits per heavy atom. The van der Waals surface area contributed by atoms with Gasteiger partial charge >= 0.3 is 0 Å². The van der Waals surface area contributed by atoms with Gasteiger partial charge in [-0.2, -0.15) is 0 Å². The summed E-state index contributed by atoms with van der Waals surface area (Å²) in [5.41, 5.74) is 1.53. The van der Waals surface area contributed by atoms with Crippen LogP contribution in [0.2, 0.25) is 0 Å². The molecular formula is C20H24N6O2S2. The molecule has 1 aromatic carbocycles. The Kier molecular flexibility index (Phi) is 6.11. The van der Waals surface area contributed by atoms with Crippen LogP contribution in [0.3, 0.4) is 0 Å². The summed E-state index contributed by atoms with van der Waals surface area (Å²) in [5, 5.41) is 8.24. The van der Waals surface area contributed by atoms with Gasteiger partial charge in [0, 0.05) is 49.5 Å². The van der Waals surface area contributed by atoms with Crippen LogP contribution in [0.5, 0.6) is 0 Å². The predicted octanol–water partition coefficient (Wildman–Crippen LogP) is 2.34. The number of likely N-dealkylation sites (N-methyl/N-ethyl adjacent to an activating group) is 1. The maximum absolute atomic E-state index is 11.4. The lowest BCUT2D eigenvalue weighted by molar-refractivity contribution is 0.149. The predicted molar refractivity (Wildman–Crippen MR) is 119 cm³/mol. The molecule has 10 heteroatoms. The van der Waals surface area contributed by atoms with Crippen LogP contribution in [0.25, 0.3) is 10.6 Å². The zero-order chi connectivity index (χ0) is 21.1. The van der Waals surface area contributed by atoms with Crippen molar-refractivity contribution >= 4 is 33.0 Å². The van der Waals surface area contributed by atoms with E-state index in [1.54, 1.807) is 29.7 Å². The van der Waals surface area contributed by atoms with E-state index in [4.69, 9.17) is 5.14 Å². The van der Waals surface area contributed by atoms with E-state index in [0.29, 0.717) is 11.6 Å². The van der Waals surface area contributed by atoms with Gasteiger partial charge in [0.05, 0.1) is 15.5 Å². The molecule has 0 atom stereocenters. The Bertz CT molecular complexity index is 1110. The number of rotatable bonds is 6. The van der Waals surface area contributed by atoms with E-state index in [1.165, 1.54) is 17.0 Å². The lowest BCUT2D eigenvalue weighted by Crippen LogP contribution is -2.43. The molecule has 8 nitrogen and oxygen atoms in total. The first kappa shape index (κ1) is 20.9. The summed E-state index contributed by atoms with van der Waals surface area (Å²) >= 11 is 1.75. The molecule has 2 aromatic heterocycles. The van der Waals surface area contributed by atoms with Crippen LogP contribution < -0.4 is 10.5 Å². The summed E-state index contributed by atoms with van der Waals surface area (Å²) in [6.07, 6.45) is 1.71. The monoisotopic (exact) mass is 444 g/mol. The first-order chi connectivity index (χ1) is 14.4. The fourth-order valence-electron chi connectivity index (χ4n) is 3.24. The third kappa shape index (κ3) is 5.21. The van der Waals surface area contributed by atoms with Gasteiger partial charge in [0.15, 0.2) is 0 Å². The van der Waals surface area contributed by atoms with E-state index in [-0.39, 0.29) is 4.90 Å². The van der Waals surface area contributed by atoms with Gasteiger partial charge < -0.3 is 10.2 Å². The van der Waals surface area contributed by atoms with E-state index >= 15 is 0 Å². The summed E-state index contributed by atoms with van der Waals surface area (Å²) in [4.78, 5) is 16.2. The second-order valence-electron chi connectivity index (χ2n) is 7.31. The standard InChI is InChI=1S/C20H24N6O2S2/c1-25-10-12-26(13-11-25)14-16-4-7-19(29-16)18-8-9-22-20(24-18)23-15-2-5-17(6-3-15)30(21,27)28/h2-9H,10-14H2,1H3,(H2,21,27,28)(H,22,23,24). The molecule has 1 aliphatic heterocycles. The number of nitrogens with zero attached hydrogens (tertiary/aromatic N) is 4. The summed E-state index contributed by atoms with van der Waals surface area (Å²) < 4.78 is 22.7. The molecule has 0 bridgehead atoms. The minimum absolute atomic E-state index is 0.0641. The highest BCUT2D eigenvalue weighted by molar-refractivity contribution is 7.89. The molecule has 0 spiro atoms. The number of piperazine rings is 1. The van der Waals surface area contributed by atoms with E-state index in [0.717, 1.165) is 43.3 Å². The van der Waals surface area contributed by atoms with Crippen molar-refractivity contribution < 1.29 is 8.42 Å². The third-order valence-corrected chi connectivity index (χ3v) is 7.01. The smallest absolute Gasteiger partial charge is 0.238 e. The lowest BCUT2D eigenvalue weighted by atomic mass is 10.3. The second-order valence-corrected chi connectivity index (χ2v) is 10.0. The summed E-state index contributed by atoms with van der Waals surface area (Å²) in [6, 6.07) is 12.3. The summed E-state index contributed by atoms with van der Waals surface area (Å²) in [7, 11) is -1.55. The molecule has 0 aliphatic carbocycles. The molecule has 1 fully saturated rings. The summed E-state index contributed by atoms with van der Waals surface area (Å²) in [5.74, 6) is 0.449. The fraction of sp³-hybridized carbons (Fsp3) is 0.300. The van der Waals surface area contributed by atoms with Crippen LogP contribution in [0.15, 0.2) is 53.6 Å². The van der Waals surface area contributed by atoms with Crippen LogP contribution in [-0.2, 0) is 16.6 Å². The molecular weight excluding hydrogens is 420 g/mol. The zero-order valence-electron chi connectivity index (χ0n) is 16.7. The normalized spacial score (nSPS) is 15.9. The fourth-order valence-corrected chi connectivity index (χ4v) is 4.78. The van der Waals surface area contributed by atoms with Crippen LogP contribution in [0.1, 0.15) is 4.88 Å². The molecule has 30 heavy (non-hydrogen) atoms. The van der Waals surface area contributed by atoms with Crippen molar-refractivity contribution in [2.45, 2.75) is 11.4 Å². The van der Waals surface area contributed by atoms with Gasteiger partial charge in [-0.3, -0.25) is 4.90 Å². The largest absolute Gasteiger partial charge is 0.324 e. The molecule has 0 unspecified atom stereocenters. The zero-order valence-corrected chi connectivity index (χ0v) is 18.3. The Hall–Kier alpha value is -2.37. The number of primary sulfonamides is 1. The highest BCUT2D eigenvalue weighted by Crippen LogP contribution is 2.28. The number of hydrogen-bond donors (Lipinski definition) is 2. The van der Waals surface area contributed by atoms with Crippen LogP contribution in [0.4, 0.5) is 11.6 Å². The van der Waals surface area contributed by atoms with Crippen molar-refractivity contribution in [2.24, 2.45) is 5.14 Å². The third-order valence-electron chi connectivity index (χ3n) is 4.98. The number of nitrogens with two attached hydrogens (primary N) is 1. The number of hydrogen-bond acceptors (Lipinski definition) is 8. The van der Waals surface area contributed by atoms with Crippen LogP contribution in [-0.4, -0.2) is 61.4 Å². The first-order valence-corrected chi connectivity index (χ1v) is 12.0. The van der Waals surface area contributed by atoms with Crippen LogP contribution >= 0.6 is 11.3 Å². The average molecular weight is 445 g/mol. The van der Waals surface area contributed by atoms with Gasteiger partial charge in [0.2, 0.25) is 16.0 Å². The van der Waals surface area contributed by atoms with Crippen molar-refractivity contribution in [1.82, 2.24) is 19.8 Å². The molecule has 158 valence electrons. The highest BCUT2D eigenvalue weighted by atomic mass is 32.2. The molecule has 0 saturated carbocycles. The molecule has 0 radical (unpaired) electrons. The number of nitrogens with one attached hydrogen (secondary N) is 1. The lowest BCUT2D eigenvalue weighted by Gasteiger charge is -2.31. The SMILES string of the molecule is CN1CCN(Cc2ccc(-c3ccnc(Nc4ccc(S(N)(=O)=O)cc4)n3)s2)CC1. The number of aromatic nitrogens is 2. The Morgan fingerprint density at radius 3 is 2.50 bits per heavy atom. The maximum Gasteiger partial charge on any atom is 0.238 e. The molecule has 3 heterocycles. The Labute approximate surface area is 180 Å². The molecule has 1 aliphatic rings. The van der Waals surface area contributed by atoms with Crippen molar-refractivity contribution in [3.8, 4) is 10.6 Å². The molecule has 0 amide bonds. The Morgan fingerprint density at radius 1 is 1.07 bits per heavy atom. The number of sulfonamides is 1. The minimum atomic E-state index is -3.71. The number of benzene rings is 1. The van der Waals surface area contributed by atoms with Gasteiger partial charge in [-0.1, -0.05) is 0 Å².